The van der Waals surface area contributed by atoms with Gasteiger partial charge in [-0.2, -0.15) is 0 Å². The third-order valence-electron chi connectivity index (χ3n) is 3.27. The van der Waals surface area contributed by atoms with E-state index in [2.05, 4.69) is 32.8 Å². The zero-order valence-corrected chi connectivity index (χ0v) is 10.9. The molecule has 1 aliphatic rings. The number of pyridine rings is 1. The van der Waals surface area contributed by atoms with Gasteiger partial charge in [-0.1, -0.05) is 6.07 Å². The van der Waals surface area contributed by atoms with Gasteiger partial charge in [-0.25, -0.2) is 10.8 Å². The van der Waals surface area contributed by atoms with Crippen molar-refractivity contribution >= 4 is 17.2 Å². The van der Waals surface area contributed by atoms with Crippen LogP contribution in [0.15, 0.2) is 29.8 Å². The van der Waals surface area contributed by atoms with E-state index in [0.717, 1.165) is 19.6 Å². The predicted octanol–water partition coefficient (Wildman–Crippen LogP) is 1.99. The normalized spacial score (nSPS) is 15.4. The minimum absolute atomic E-state index is 0.706. The first kappa shape index (κ1) is 11.6. The number of nitrogens with zero attached hydrogens (tertiary/aromatic N) is 2. The molecule has 0 saturated carbocycles. The van der Waals surface area contributed by atoms with Crippen molar-refractivity contribution in [3.05, 3.63) is 45.8 Å². The summed E-state index contributed by atoms with van der Waals surface area (Å²) >= 11 is 1.88. The van der Waals surface area contributed by atoms with Crippen molar-refractivity contribution in [3.8, 4) is 0 Å². The lowest BCUT2D eigenvalue weighted by molar-refractivity contribution is 0.247. The van der Waals surface area contributed by atoms with Gasteiger partial charge in [0, 0.05) is 30.7 Å². The Bertz CT molecular complexity index is 520. The van der Waals surface area contributed by atoms with Crippen LogP contribution < -0.4 is 11.3 Å². The summed E-state index contributed by atoms with van der Waals surface area (Å²) in [5.74, 6) is 6.01. The summed E-state index contributed by atoms with van der Waals surface area (Å²) in [6.45, 7) is 3.13. The third kappa shape index (κ3) is 2.38. The summed E-state index contributed by atoms with van der Waals surface area (Å²) in [5.41, 5.74) is 5.26. The van der Waals surface area contributed by atoms with E-state index in [-0.39, 0.29) is 0 Å². The van der Waals surface area contributed by atoms with Gasteiger partial charge in [0.2, 0.25) is 0 Å². The Morgan fingerprint density at radius 2 is 2.33 bits per heavy atom. The second kappa shape index (κ2) is 5.06. The minimum atomic E-state index is 0.706. The molecule has 2 aromatic rings. The lowest BCUT2D eigenvalue weighted by Crippen LogP contribution is -2.29. The van der Waals surface area contributed by atoms with E-state index in [1.807, 2.05) is 23.6 Å². The highest BCUT2D eigenvalue weighted by atomic mass is 32.1. The topological polar surface area (TPSA) is 54.2 Å². The maximum atomic E-state index is 5.30. The number of nitrogens with two attached hydrogens (primary N) is 1. The quantitative estimate of drug-likeness (QED) is 0.654. The second-order valence-electron chi connectivity index (χ2n) is 4.53. The molecule has 5 heteroatoms. The molecule has 1 aliphatic heterocycles. The number of fused-ring (bicyclic) bond motifs is 1. The molecule has 0 aliphatic carbocycles. The van der Waals surface area contributed by atoms with E-state index in [4.69, 9.17) is 5.84 Å². The van der Waals surface area contributed by atoms with Gasteiger partial charge in [0.25, 0.3) is 0 Å². The van der Waals surface area contributed by atoms with Crippen molar-refractivity contribution in [1.29, 1.82) is 0 Å². The van der Waals surface area contributed by atoms with Crippen molar-refractivity contribution in [1.82, 2.24) is 9.88 Å². The fraction of sp³-hybridized carbons (Fsp3) is 0.308. The molecule has 0 fully saturated rings. The van der Waals surface area contributed by atoms with Crippen LogP contribution in [0.25, 0.3) is 0 Å². The highest BCUT2D eigenvalue weighted by Gasteiger charge is 2.17. The molecular weight excluding hydrogens is 244 g/mol. The molecule has 18 heavy (non-hydrogen) atoms. The second-order valence-corrected chi connectivity index (χ2v) is 5.53. The van der Waals surface area contributed by atoms with Crippen LogP contribution in [0.2, 0.25) is 0 Å². The summed E-state index contributed by atoms with van der Waals surface area (Å²) in [4.78, 5) is 8.24. The van der Waals surface area contributed by atoms with Crippen molar-refractivity contribution in [2.24, 2.45) is 5.84 Å². The van der Waals surface area contributed by atoms with Crippen LogP contribution in [-0.2, 0) is 19.5 Å². The Balaban J connectivity index is 1.67. The maximum absolute atomic E-state index is 5.30. The lowest BCUT2D eigenvalue weighted by Gasteiger charge is -2.26. The summed E-state index contributed by atoms with van der Waals surface area (Å²) in [5, 5.41) is 2.19. The molecular formula is C13H16N4S. The van der Waals surface area contributed by atoms with E-state index in [9.17, 15) is 0 Å². The largest absolute Gasteiger partial charge is 0.308 e. The third-order valence-corrected chi connectivity index (χ3v) is 4.29. The molecule has 0 saturated heterocycles. The van der Waals surface area contributed by atoms with Crippen LogP contribution >= 0.6 is 11.3 Å². The zero-order valence-electron chi connectivity index (χ0n) is 10.1. The Morgan fingerprint density at radius 1 is 1.39 bits per heavy atom. The van der Waals surface area contributed by atoms with Crippen LogP contribution in [0.4, 0.5) is 5.82 Å². The molecule has 0 atom stereocenters. The van der Waals surface area contributed by atoms with Gasteiger partial charge >= 0.3 is 0 Å². The average Bonchev–Trinajstić information content (AvgIpc) is 2.87. The van der Waals surface area contributed by atoms with Crippen LogP contribution in [-0.4, -0.2) is 16.4 Å². The molecule has 3 rings (SSSR count). The first-order valence-electron chi connectivity index (χ1n) is 6.04. The molecule has 0 aromatic carbocycles. The SMILES string of the molecule is NNc1ccc(CN2CCc3sccc3C2)cn1. The number of hydrazine groups is 1. The minimum Gasteiger partial charge on any atom is -0.308 e. The lowest BCUT2D eigenvalue weighted by atomic mass is 10.1. The molecule has 3 N–H and O–H groups in total. The van der Waals surface area contributed by atoms with Crippen LogP contribution in [0, 0.1) is 0 Å². The van der Waals surface area contributed by atoms with Gasteiger partial charge in [-0.3, -0.25) is 4.90 Å². The fourth-order valence-electron chi connectivity index (χ4n) is 2.30. The first-order valence-corrected chi connectivity index (χ1v) is 6.92. The van der Waals surface area contributed by atoms with E-state index in [0.29, 0.717) is 5.82 Å². The van der Waals surface area contributed by atoms with Gasteiger partial charge in [0.1, 0.15) is 5.82 Å². The molecule has 0 amide bonds. The van der Waals surface area contributed by atoms with Crippen LogP contribution in [0.1, 0.15) is 16.0 Å². The molecule has 4 nitrogen and oxygen atoms in total. The smallest absolute Gasteiger partial charge is 0.139 e. The number of anilines is 1. The van der Waals surface area contributed by atoms with Crippen LogP contribution in [0.5, 0.6) is 0 Å². The summed E-state index contributed by atoms with van der Waals surface area (Å²) in [6, 6.07) is 6.23. The Hall–Kier alpha value is -1.43. The number of rotatable bonds is 3. The molecule has 0 bridgehead atoms. The van der Waals surface area contributed by atoms with Gasteiger partial charge in [0.05, 0.1) is 0 Å². The number of aromatic nitrogens is 1. The number of nitrogen functional groups attached to an aromatic ring is 1. The van der Waals surface area contributed by atoms with Crippen molar-refractivity contribution in [2.75, 3.05) is 12.0 Å². The number of nitrogens with one attached hydrogen (secondary N) is 1. The van der Waals surface area contributed by atoms with E-state index >= 15 is 0 Å². The Labute approximate surface area is 110 Å². The average molecular weight is 260 g/mol. The van der Waals surface area contributed by atoms with E-state index < -0.39 is 0 Å². The van der Waals surface area contributed by atoms with Crippen molar-refractivity contribution < 1.29 is 0 Å². The number of hydrogen-bond acceptors (Lipinski definition) is 5. The molecule has 2 aromatic heterocycles. The molecule has 94 valence electrons. The highest BCUT2D eigenvalue weighted by Crippen LogP contribution is 2.24. The summed E-state index contributed by atoms with van der Waals surface area (Å²) in [7, 11) is 0. The number of hydrogen-bond donors (Lipinski definition) is 2. The molecule has 0 spiro atoms. The molecule has 3 heterocycles. The molecule has 0 radical (unpaired) electrons. The summed E-state index contributed by atoms with van der Waals surface area (Å²) < 4.78 is 0. The van der Waals surface area contributed by atoms with Gasteiger partial charge in [-0.05, 0) is 35.1 Å². The van der Waals surface area contributed by atoms with Gasteiger partial charge in [0.15, 0.2) is 0 Å². The first-order chi connectivity index (χ1) is 8.85. The predicted molar refractivity (Wildman–Crippen MR) is 74.2 cm³/mol. The maximum Gasteiger partial charge on any atom is 0.139 e. The van der Waals surface area contributed by atoms with Gasteiger partial charge < -0.3 is 5.43 Å². The van der Waals surface area contributed by atoms with E-state index in [1.54, 1.807) is 4.88 Å². The number of thiophene rings is 1. The van der Waals surface area contributed by atoms with Gasteiger partial charge in [-0.15, -0.1) is 11.3 Å². The van der Waals surface area contributed by atoms with Crippen molar-refractivity contribution in [2.45, 2.75) is 19.5 Å². The molecule has 0 unspecified atom stereocenters. The summed E-state index contributed by atoms with van der Waals surface area (Å²) in [6.07, 6.45) is 3.06. The van der Waals surface area contributed by atoms with Crippen molar-refractivity contribution in [3.63, 3.8) is 0 Å². The Morgan fingerprint density at radius 3 is 3.11 bits per heavy atom. The standard InChI is InChI=1S/C13H16N4S/c14-16-13-2-1-10(7-15-13)8-17-5-3-12-11(9-17)4-6-18-12/h1-2,4,6-7H,3,5,8-9,14H2,(H,15,16). The monoisotopic (exact) mass is 260 g/mol. The fourth-order valence-corrected chi connectivity index (χ4v) is 3.19. The highest BCUT2D eigenvalue weighted by molar-refractivity contribution is 7.10. The van der Waals surface area contributed by atoms with Crippen LogP contribution in [0.3, 0.4) is 0 Å². The van der Waals surface area contributed by atoms with E-state index in [1.165, 1.54) is 17.5 Å². The zero-order chi connectivity index (χ0) is 12.4. The Kier molecular flexibility index (Phi) is 3.27.